The molecule has 2 nitrogen and oxygen atoms in total. The lowest BCUT2D eigenvalue weighted by Gasteiger charge is -2.45. The summed E-state index contributed by atoms with van der Waals surface area (Å²) < 4.78 is 83.7. The van der Waals surface area contributed by atoms with E-state index in [0.717, 1.165) is 89.9 Å². The van der Waals surface area contributed by atoms with E-state index >= 15 is 0 Å². The summed E-state index contributed by atoms with van der Waals surface area (Å²) in [5.74, 6) is 0.260. The van der Waals surface area contributed by atoms with Crippen LogP contribution in [0, 0.1) is 0 Å². The number of halogens is 6. The molecule has 0 atom stereocenters. The highest BCUT2D eigenvalue weighted by molar-refractivity contribution is 7.00. The molecule has 0 saturated heterocycles. The van der Waals surface area contributed by atoms with E-state index in [1.807, 2.05) is 54.6 Å². The Morgan fingerprint density at radius 2 is 1.06 bits per heavy atom. The first-order valence-electron chi connectivity index (χ1n) is 15.9. The molecule has 0 N–H and O–H groups in total. The molecule has 2 heterocycles. The fourth-order valence-electron chi connectivity index (χ4n) is 7.75. The van der Waals surface area contributed by atoms with Crippen molar-refractivity contribution in [1.29, 1.82) is 0 Å². The van der Waals surface area contributed by atoms with Crippen LogP contribution in [0.4, 0.5) is 60.5 Å². The van der Waals surface area contributed by atoms with Gasteiger partial charge < -0.3 is 9.80 Å². The number of hydrogen-bond donors (Lipinski definition) is 0. The molecule has 0 aromatic heterocycles. The van der Waals surface area contributed by atoms with Crippen molar-refractivity contribution in [2.75, 3.05) is 9.80 Å². The molecule has 1 saturated carbocycles. The molecule has 0 spiro atoms. The van der Waals surface area contributed by atoms with Crippen molar-refractivity contribution in [3.8, 4) is 0 Å². The summed E-state index contributed by atoms with van der Waals surface area (Å²) in [5, 5.41) is 0. The Morgan fingerprint density at radius 3 is 1.72 bits per heavy atom. The first kappa shape index (κ1) is 29.7. The summed E-state index contributed by atoms with van der Waals surface area (Å²) in [6.45, 7) is -0.389. The SMILES string of the molecule is FC(F)(F)c1ccc(N2c3cc(C(F)(F)F)ccc3B3c4ccccc4N(c4ccccc4)c4cc(C5CCCCC5)cc2c43)cc1. The zero-order valence-corrected chi connectivity index (χ0v) is 25.2. The topological polar surface area (TPSA) is 6.48 Å². The molecule has 0 amide bonds. The van der Waals surface area contributed by atoms with E-state index in [1.165, 1.54) is 18.2 Å². The predicted octanol–water partition coefficient (Wildman–Crippen LogP) is 9.85. The molecule has 0 unspecified atom stereocenters. The number of hydrogen-bond acceptors (Lipinski definition) is 2. The Balaban J connectivity index is 1.46. The highest BCUT2D eigenvalue weighted by atomic mass is 19.4. The number of rotatable bonds is 3. The summed E-state index contributed by atoms with van der Waals surface area (Å²) in [5.41, 5.74) is 6.17. The Kier molecular flexibility index (Phi) is 6.93. The molecule has 5 aromatic rings. The van der Waals surface area contributed by atoms with Crippen LogP contribution in [0.1, 0.15) is 54.7 Å². The van der Waals surface area contributed by atoms with Gasteiger partial charge in [-0.15, -0.1) is 0 Å². The second kappa shape index (κ2) is 11.0. The average Bonchev–Trinajstić information content (AvgIpc) is 3.07. The summed E-state index contributed by atoms with van der Waals surface area (Å²) in [6.07, 6.45) is -3.82. The molecular formula is C38H29BF6N2. The molecule has 5 aromatic carbocycles. The minimum Gasteiger partial charge on any atom is -0.311 e. The Labute approximate surface area is 269 Å². The number of nitrogens with zero attached hydrogens (tertiary/aromatic N) is 2. The maximum atomic E-state index is 14.3. The zero-order chi connectivity index (χ0) is 32.5. The van der Waals surface area contributed by atoms with Crippen LogP contribution < -0.4 is 26.2 Å². The van der Waals surface area contributed by atoms with Crippen molar-refractivity contribution in [2.45, 2.75) is 50.4 Å². The van der Waals surface area contributed by atoms with Gasteiger partial charge in [-0.25, -0.2) is 0 Å². The maximum Gasteiger partial charge on any atom is 0.416 e. The summed E-state index contributed by atoms with van der Waals surface area (Å²) in [4.78, 5) is 3.96. The quantitative estimate of drug-likeness (QED) is 0.141. The van der Waals surface area contributed by atoms with E-state index in [-0.39, 0.29) is 12.6 Å². The molecule has 0 bridgehead atoms. The molecule has 0 radical (unpaired) electrons. The molecular weight excluding hydrogens is 609 g/mol. The van der Waals surface area contributed by atoms with Gasteiger partial charge in [0, 0.05) is 34.1 Å². The zero-order valence-electron chi connectivity index (χ0n) is 25.2. The van der Waals surface area contributed by atoms with Crippen LogP contribution >= 0.6 is 0 Å². The van der Waals surface area contributed by atoms with Crippen LogP contribution in [0.15, 0.2) is 109 Å². The summed E-state index contributed by atoms with van der Waals surface area (Å²) >= 11 is 0. The third kappa shape index (κ3) is 4.98. The summed E-state index contributed by atoms with van der Waals surface area (Å²) in [7, 11) is 0. The van der Waals surface area contributed by atoms with Gasteiger partial charge in [-0.05, 0) is 101 Å². The van der Waals surface area contributed by atoms with Crippen molar-refractivity contribution >= 4 is 57.2 Å². The lowest BCUT2D eigenvalue weighted by molar-refractivity contribution is -0.138. The van der Waals surface area contributed by atoms with Gasteiger partial charge >= 0.3 is 12.4 Å². The van der Waals surface area contributed by atoms with E-state index in [2.05, 4.69) is 17.0 Å². The van der Waals surface area contributed by atoms with Crippen molar-refractivity contribution < 1.29 is 26.3 Å². The molecule has 8 rings (SSSR count). The Bertz CT molecular complexity index is 1960. The molecule has 3 aliphatic rings. The van der Waals surface area contributed by atoms with Crippen LogP contribution in [-0.2, 0) is 12.4 Å². The Hall–Kier alpha value is -4.66. The van der Waals surface area contributed by atoms with Gasteiger partial charge in [0.1, 0.15) is 0 Å². The predicted molar refractivity (Wildman–Crippen MR) is 176 cm³/mol. The molecule has 1 aliphatic carbocycles. The first-order valence-corrected chi connectivity index (χ1v) is 15.9. The number of fused-ring (bicyclic) bond motifs is 4. The van der Waals surface area contributed by atoms with E-state index in [4.69, 9.17) is 0 Å². The minimum atomic E-state index is -4.61. The van der Waals surface area contributed by atoms with E-state index in [9.17, 15) is 26.3 Å². The molecule has 1 fully saturated rings. The largest absolute Gasteiger partial charge is 0.416 e. The van der Waals surface area contributed by atoms with Crippen molar-refractivity contribution in [3.05, 3.63) is 126 Å². The van der Waals surface area contributed by atoms with E-state index < -0.39 is 23.5 Å². The number of para-hydroxylation sites is 2. The summed E-state index contributed by atoms with van der Waals surface area (Å²) in [6, 6.07) is 30.8. The fourth-order valence-corrected chi connectivity index (χ4v) is 7.75. The van der Waals surface area contributed by atoms with Crippen LogP contribution in [0.25, 0.3) is 0 Å². The number of alkyl halides is 6. The minimum absolute atomic E-state index is 0.260. The van der Waals surface area contributed by atoms with E-state index in [0.29, 0.717) is 22.5 Å². The van der Waals surface area contributed by atoms with Gasteiger partial charge in [0.05, 0.1) is 11.1 Å². The monoisotopic (exact) mass is 638 g/mol. The number of benzene rings is 5. The smallest absolute Gasteiger partial charge is 0.311 e. The average molecular weight is 638 g/mol. The van der Waals surface area contributed by atoms with Gasteiger partial charge in [0.25, 0.3) is 6.71 Å². The van der Waals surface area contributed by atoms with Crippen LogP contribution in [-0.4, -0.2) is 6.71 Å². The Morgan fingerprint density at radius 1 is 0.511 bits per heavy atom. The molecule has 236 valence electrons. The lowest BCUT2D eigenvalue weighted by atomic mass is 9.33. The van der Waals surface area contributed by atoms with Gasteiger partial charge in [-0.2, -0.15) is 26.3 Å². The normalized spacial score (nSPS) is 16.1. The lowest BCUT2D eigenvalue weighted by Crippen LogP contribution is -2.61. The molecule has 2 aliphatic heterocycles. The van der Waals surface area contributed by atoms with Crippen LogP contribution in [0.2, 0.25) is 0 Å². The van der Waals surface area contributed by atoms with Crippen molar-refractivity contribution in [3.63, 3.8) is 0 Å². The molecule has 9 heteroatoms. The van der Waals surface area contributed by atoms with Gasteiger partial charge in [-0.1, -0.05) is 67.8 Å². The van der Waals surface area contributed by atoms with Gasteiger partial charge in [0.2, 0.25) is 0 Å². The van der Waals surface area contributed by atoms with Crippen LogP contribution in [0.5, 0.6) is 0 Å². The third-order valence-corrected chi connectivity index (χ3v) is 9.87. The maximum absolute atomic E-state index is 14.3. The van der Waals surface area contributed by atoms with E-state index in [1.54, 1.807) is 4.90 Å². The van der Waals surface area contributed by atoms with Gasteiger partial charge in [0.15, 0.2) is 0 Å². The second-order valence-electron chi connectivity index (χ2n) is 12.6. The second-order valence-corrected chi connectivity index (χ2v) is 12.6. The highest BCUT2D eigenvalue weighted by Crippen LogP contribution is 2.47. The van der Waals surface area contributed by atoms with Crippen molar-refractivity contribution in [1.82, 2.24) is 0 Å². The highest BCUT2D eigenvalue weighted by Gasteiger charge is 2.45. The number of anilines is 6. The first-order chi connectivity index (χ1) is 22.6. The molecule has 47 heavy (non-hydrogen) atoms. The third-order valence-electron chi connectivity index (χ3n) is 9.87. The standard InChI is InChI=1S/C38H29BF6N2/c40-37(41,42)26-15-18-29(19-16-26)47-33-23-27(38(43,44)45)17-20-31(33)39-30-13-7-8-14-32(30)46(28-11-5-2-6-12-28)34-21-25(22-35(47)36(34)39)24-9-3-1-4-10-24/h2,5-8,11-24H,1,3-4,9-10H2. The van der Waals surface area contributed by atoms with Gasteiger partial charge in [-0.3, -0.25) is 0 Å². The van der Waals surface area contributed by atoms with Crippen molar-refractivity contribution in [2.24, 2.45) is 0 Å². The van der Waals surface area contributed by atoms with Crippen LogP contribution in [0.3, 0.4) is 0 Å². The fraction of sp³-hybridized carbons (Fsp3) is 0.211.